The number of carbonyl (C=O) groups excluding carboxylic acids is 1. The lowest BCUT2D eigenvalue weighted by molar-refractivity contribution is -0.123. The van der Waals surface area contributed by atoms with Crippen LogP contribution in [0, 0.1) is 4.77 Å². The van der Waals surface area contributed by atoms with E-state index in [1.165, 1.54) is 4.88 Å². The molecule has 0 fully saturated rings. The highest BCUT2D eigenvalue weighted by atomic mass is 32.1. The van der Waals surface area contributed by atoms with E-state index in [0.29, 0.717) is 17.1 Å². The van der Waals surface area contributed by atoms with Crippen molar-refractivity contribution in [3.8, 4) is 10.7 Å². The number of H-pyrrole nitrogens is 1. The predicted molar refractivity (Wildman–Crippen MR) is 96.5 cm³/mol. The molecule has 0 radical (unpaired) electrons. The fourth-order valence-corrected chi connectivity index (χ4v) is 3.98. The molecule has 0 saturated heterocycles. The van der Waals surface area contributed by atoms with Gasteiger partial charge < -0.3 is 5.32 Å². The second kappa shape index (κ2) is 7.20. The van der Waals surface area contributed by atoms with Crippen LogP contribution in [0.15, 0.2) is 35.0 Å². The average molecular weight is 365 g/mol. The highest BCUT2D eigenvalue weighted by Gasteiger charge is 2.20. The molecular weight excluding hydrogens is 348 g/mol. The van der Waals surface area contributed by atoms with Crippen LogP contribution in [0.1, 0.15) is 17.8 Å². The average Bonchev–Trinajstić information content (AvgIpc) is 3.27. The molecule has 0 aliphatic carbocycles. The van der Waals surface area contributed by atoms with Gasteiger partial charge in [0.2, 0.25) is 5.91 Å². The summed E-state index contributed by atoms with van der Waals surface area (Å²) in [5.74, 6) is 0.641. The van der Waals surface area contributed by atoms with E-state index in [-0.39, 0.29) is 5.91 Å². The molecule has 0 unspecified atom stereocenters. The van der Waals surface area contributed by atoms with Crippen LogP contribution in [0.3, 0.4) is 0 Å². The van der Waals surface area contributed by atoms with Gasteiger partial charge in [-0.2, -0.15) is 5.10 Å². The van der Waals surface area contributed by atoms with Crippen molar-refractivity contribution in [2.45, 2.75) is 19.4 Å². The molecule has 1 atom stereocenters. The Balaban J connectivity index is 1.70. The highest BCUT2D eigenvalue weighted by Crippen LogP contribution is 2.25. The lowest BCUT2D eigenvalue weighted by Gasteiger charge is -2.15. The van der Waals surface area contributed by atoms with E-state index >= 15 is 0 Å². The van der Waals surface area contributed by atoms with Crippen LogP contribution in [-0.2, 0) is 11.2 Å². The van der Waals surface area contributed by atoms with E-state index < -0.39 is 6.04 Å². The molecule has 1 amide bonds. The first kappa shape index (κ1) is 16.1. The Kier molecular flexibility index (Phi) is 5.04. The third kappa shape index (κ3) is 3.60. The normalized spacial score (nSPS) is 12.2. The minimum atomic E-state index is -0.415. The van der Waals surface area contributed by atoms with Crippen molar-refractivity contribution in [1.82, 2.24) is 20.1 Å². The summed E-state index contributed by atoms with van der Waals surface area (Å²) in [5.41, 5.74) is 0. The molecule has 23 heavy (non-hydrogen) atoms. The molecule has 3 aromatic rings. The van der Waals surface area contributed by atoms with E-state index in [0.717, 1.165) is 11.3 Å². The number of nitrogens with zero attached hydrogens (tertiary/aromatic N) is 2. The standard InChI is InChI=1S/C15H16N4OS3/c1-10(14(20)16-7-6-11-4-2-8-22-11)19-13(17-18-15(19)21)12-5-3-9-23-12/h2-5,8-10H,6-7H2,1H3,(H,16,20)(H,18,21)/t10-/m0/s1. The summed E-state index contributed by atoms with van der Waals surface area (Å²) in [6, 6.07) is 7.59. The van der Waals surface area contributed by atoms with Gasteiger partial charge in [-0.25, -0.2) is 0 Å². The molecule has 0 saturated carbocycles. The van der Waals surface area contributed by atoms with E-state index in [1.54, 1.807) is 27.2 Å². The molecule has 3 heterocycles. The Bertz CT molecular complexity index is 817. The first-order valence-corrected chi connectivity index (χ1v) is 9.34. The number of rotatable bonds is 6. The van der Waals surface area contributed by atoms with Gasteiger partial charge in [0.1, 0.15) is 6.04 Å². The molecule has 120 valence electrons. The van der Waals surface area contributed by atoms with Crippen molar-refractivity contribution in [3.05, 3.63) is 44.7 Å². The molecule has 0 aliphatic rings. The number of thiophene rings is 2. The molecule has 8 heteroatoms. The summed E-state index contributed by atoms with van der Waals surface area (Å²) >= 11 is 8.56. The van der Waals surface area contributed by atoms with E-state index in [2.05, 4.69) is 21.6 Å². The summed E-state index contributed by atoms with van der Waals surface area (Å²) in [6.07, 6.45) is 0.838. The molecule has 0 spiro atoms. The zero-order valence-electron chi connectivity index (χ0n) is 12.5. The Morgan fingerprint density at radius 2 is 2.17 bits per heavy atom. The Morgan fingerprint density at radius 3 is 2.87 bits per heavy atom. The SMILES string of the molecule is C[C@@H](C(=O)NCCc1cccs1)n1c(-c2cccs2)n[nH]c1=S. The van der Waals surface area contributed by atoms with Gasteiger partial charge in [-0.3, -0.25) is 14.5 Å². The van der Waals surface area contributed by atoms with Crippen LogP contribution < -0.4 is 5.32 Å². The highest BCUT2D eigenvalue weighted by molar-refractivity contribution is 7.71. The van der Waals surface area contributed by atoms with Crippen LogP contribution in [0.2, 0.25) is 0 Å². The zero-order chi connectivity index (χ0) is 16.2. The van der Waals surface area contributed by atoms with Gasteiger partial charge in [0.15, 0.2) is 10.6 Å². The summed E-state index contributed by atoms with van der Waals surface area (Å²) < 4.78 is 2.22. The number of hydrogen-bond acceptors (Lipinski definition) is 5. The molecule has 0 aliphatic heterocycles. The van der Waals surface area contributed by atoms with Crippen molar-refractivity contribution < 1.29 is 4.79 Å². The van der Waals surface area contributed by atoms with E-state index in [9.17, 15) is 4.79 Å². The number of aromatic amines is 1. The number of nitrogens with one attached hydrogen (secondary N) is 2. The maximum atomic E-state index is 12.4. The minimum absolute atomic E-state index is 0.0585. The summed E-state index contributed by atoms with van der Waals surface area (Å²) in [6.45, 7) is 2.45. The van der Waals surface area contributed by atoms with Crippen LogP contribution >= 0.6 is 34.9 Å². The second-order valence-electron chi connectivity index (χ2n) is 5.00. The number of carbonyl (C=O) groups is 1. The summed E-state index contributed by atoms with van der Waals surface area (Å²) in [5, 5.41) is 14.0. The Labute approximate surface area is 147 Å². The van der Waals surface area contributed by atoms with Crippen molar-refractivity contribution in [2.75, 3.05) is 6.54 Å². The molecule has 2 N–H and O–H groups in total. The predicted octanol–water partition coefficient (Wildman–Crippen LogP) is 3.65. The minimum Gasteiger partial charge on any atom is -0.354 e. The van der Waals surface area contributed by atoms with Crippen molar-refractivity contribution in [1.29, 1.82) is 0 Å². The van der Waals surface area contributed by atoms with Crippen molar-refractivity contribution in [2.24, 2.45) is 0 Å². The van der Waals surface area contributed by atoms with Crippen LogP contribution in [0.5, 0.6) is 0 Å². The molecule has 5 nitrogen and oxygen atoms in total. The van der Waals surface area contributed by atoms with Crippen molar-refractivity contribution >= 4 is 40.8 Å². The van der Waals surface area contributed by atoms with E-state index in [4.69, 9.17) is 12.2 Å². The third-order valence-electron chi connectivity index (χ3n) is 3.46. The monoisotopic (exact) mass is 364 g/mol. The van der Waals surface area contributed by atoms with E-state index in [1.807, 2.05) is 35.9 Å². The largest absolute Gasteiger partial charge is 0.354 e. The second-order valence-corrected chi connectivity index (χ2v) is 7.36. The lowest BCUT2D eigenvalue weighted by atomic mass is 10.2. The van der Waals surface area contributed by atoms with Gasteiger partial charge in [-0.15, -0.1) is 22.7 Å². The number of amides is 1. The number of hydrogen-bond donors (Lipinski definition) is 2. The fourth-order valence-electron chi connectivity index (χ4n) is 2.27. The van der Waals surface area contributed by atoms with Crippen LogP contribution in [0.4, 0.5) is 0 Å². The number of aromatic nitrogens is 3. The maximum absolute atomic E-state index is 12.4. The molecule has 0 bridgehead atoms. The van der Waals surface area contributed by atoms with Gasteiger partial charge in [-0.1, -0.05) is 12.1 Å². The molecule has 0 aromatic carbocycles. The maximum Gasteiger partial charge on any atom is 0.242 e. The first-order chi connectivity index (χ1) is 11.2. The smallest absolute Gasteiger partial charge is 0.242 e. The quantitative estimate of drug-likeness (QED) is 0.656. The molecule has 3 rings (SSSR count). The third-order valence-corrected chi connectivity index (χ3v) is 5.55. The van der Waals surface area contributed by atoms with Crippen LogP contribution in [-0.4, -0.2) is 27.2 Å². The van der Waals surface area contributed by atoms with Gasteiger partial charge >= 0.3 is 0 Å². The Morgan fingerprint density at radius 1 is 1.39 bits per heavy atom. The summed E-state index contributed by atoms with van der Waals surface area (Å²) in [7, 11) is 0. The Hall–Kier alpha value is -1.77. The topological polar surface area (TPSA) is 62.7 Å². The summed E-state index contributed by atoms with van der Waals surface area (Å²) in [4.78, 5) is 14.7. The van der Waals surface area contributed by atoms with Gasteiger partial charge in [-0.05, 0) is 48.5 Å². The lowest BCUT2D eigenvalue weighted by Crippen LogP contribution is -2.32. The fraction of sp³-hybridized carbons (Fsp3) is 0.267. The molecular formula is C15H16N4OS3. The van der Waals surface area contributed by atoms with Gasteiger partial charge in [0.25, 0.3) is 0 Å². The van der Waals surface area contributed by atoms with Crippen LogP contribution in [0.25, 0.3) is 10.7 Å². The molecule has 3 aromatic heterocycles. The van der Waals surface area contributed by atoms with Gasteiger partial charge in [0.05, 0.1) is 4.88 Å². The van der Waals surface area contributed by atoms with Gasteiger partial charge in [0, 0.05) is 11.4 Å². The van der Waals surface area contributed by atoms with Crippen molar-refractivity contribution in [3.63, 3.8) is 0 Å². The zero-order valence-corrected chi connectivity index (χ0v) is 14.9. The first-order valence-electron chi connectivity index (χ1n) is 7.17.